The van der Waals surface area contributed by atoms with Crippen LogP contribution in [0.4, 0.5) is 4.39 Å². The molecule has 0 saturated heterocycles. The smallest absolute Gasteiger partial charge is 0.316 e. The maximum absolute atomic E-state index is 13.4. The summed E-state index contributed by atoms with van der Waals surface area (Å²) in [6, 6.07) is 13.6. The fourth-order valence-electron chi connectivity index (χ4n) is 3.69. The van der Waals surface area contributed by atoms with E-state index in [4.69, 9.17) is 4.74 Å². The average molecular weight is 385 g/mol. The van der Waals surface area contributed by atoms with Gasteiger partial charge in [0.25, 0.3) is 0 Å². The van der Waals surface area contributed by atoms with Crippen LogP contribution in [0.3, 0.4) is 0 Å². The molecule has 3 aromatic rings. The molecule has 2 aliphatic rings. The molecular weight excluding hydrogens is 373 g/mol. The van der Waals surface area contributed by atoms with Crippen molar-refractivity contribution >= 4 is 29.1 Å². The van der Waals surface area contributed by atoms with Gasteiger partial charge in [-0.05, 0) is 23.8 Å². The molecule has 5 rings (SSSR count). The van der Waals surface area contributed by atoms with Crippen molar-refractivity contribution in [1.29, 1.82) is 0 Å². The number of hydrogen-bond donors (Lipinski definition) is 1. The number of thioether (sulfide) groups is 1. The van der Waals surface area contributed by atoms with Gasteiger partial charge in [-0.15, -0.1) is 0 Å². The number of carbonyl (C=O) groups excluding carboxylic acids is 1. The number of ether oxygens (including phenoxy) is 1. The number of esters is 1. The second-order valence-corrected chi connectivity index (χ2v) is 8.43. The summed E-state index contributed by atoms with van der Waals surface area (Å²) in [6.45, 7) is 0. The summed E-state index contributed by atoms with van der Waals surface area (Å²) in [6.07, 6.45) is 0. The topological polar surface area (TPSA) is 59.2 Å². The Balaban J connectivity index is 1.73. The van der Waals surface area contributed by atoms with Crippen molar-refractivity contribution < 1.29 is 13.9 Å². The van der Waals surface area contributed by atoms with Crippen LogP contribution < -0.4 is 9.61 Å². The van der Waals surface area contributed by atoms with E-state index in [0.717, 1.165) is 32.4 Å². The molecule has 7 heteroatoms. The fraction of sp³-hybridized carbons (Fsp3) is 0.158. The van der Waals surface area contributed by atoms with Crippen molar-refractivity contribution in [2.24, 2.45) is 5.92 Å². The van der Waals surface area contributed by atoms with E-state index >= 15 is 0 Å². The maximum Gasteiger partial charge on any atom is 0.316 e. The van der Waals surface area contributed by atoms with Crippen LogP contribution in [0.1, 0.15) is 27.2 Å². The molecule has 3 atom stereocenters. The van der Waals surface area contributed by atoms with E-state index in [2.05, 4.69) is 4.98 Å². The number of aromatic amines is 1. The maximum atomic E-state index is 13.4. The van der Waals surface area contributed by atoms with E-state index in [1.165, 1.54) is 23.9 Å². The number of benzene rings is 2. The minimum absolute atomic E-state index is 0.141. The van der Waals surface area contributed by atoms with Crippen molar-refractivity contribution in [2.45, 2.75) is 16.2 Å². The van der Waals surface area contributed by atoms with E-state index in [9.17, 15) is 14.0 Å². The largest absolute Gasteiger partial charge is 0.426 e. The van der Waals surface area contributed by atoms with Gasteiger partial charge in [-0.3, -0.25) is 9.59 Å². The van der Waals surface area contributed by atoms with Crippen molar-refractivity contribution in [3.05, 3.63) is 80.0 Å². The van der Waals surface area contributed by atoms with Crippen LogP contribution in [0.2, 0.25) is 0 Å². The monoisotopic (exact) mass is 385 g/mol. The molecule has 3 heterocycles. The molecule has 0 unspecified atom stereocenters. The van der Waals surface area contributed by atoms with Gasteiger partial charge in [0.2, 0.25) is 0 Å². The third-order valence-corrected chi connectivity index (χ3v) is 7.26. The lowest BCUT2D eigenvalue weighted by Crippen LogP contribution is -2.37. The Morgan fingerprint density at radius 3 is 2.62 bits per heavy atom. The zero-order valence-corrected chi connectivity index (χ0v) is 14.9. The van der Waals surface area contributed by atoms with Crippen molar-refractivity contribution in [3.63, 3.8) is 0 Å². The average Bonchev–Trinajstić information content (AvgIpc) is 3.01. The van der Waals surface area contributed by atoms with Gasteiger partial charge in [-0.25, -0.2) is 4.39 Å². The first-order chi connectivity index (χ1) is 12.6. The quantitative estimate of drug-likeness (QED) is 0.506. The predicted octanol–water partition coefficient (Wildman–Crippen LogP) is 4.09. The van der Waals surface area contributed by atoms with Crippen LogP contribution >= 0.6 is 23.1 Å². The predicted molar refractivity (Wildman–Crippen MR) is 97.3 cm³/mol. The Bertz CT molecular complexity index is 1070. The van der Waals surface area contributed by atoms with Crippen LogP contribution in [0.5, 0.6) is 5.75 Å². The van der Waals surface area contributed by atoms with E-state index in [1.54, 1.807) is 18.2 Å². The number of aromatic nitrogens is 1. The standard InChI is InChI=1S/C19H12FNO3S2/c20-10-7-5-9(6-8-10)15-14-13(16-17(25-15)21-19(23)26-16)11-3-1-2-4-12(11)24-18(14)22/h1-8,13-15H,(H,21,23)/t13-,14-,15-/m1/s1. The molecule has 4 nitrogen and oxygen atoms in total. The normalized spacial score (nSPS) is 23.6. The summed E-state index contributed by atoms with van der Waals surface area (Å²) < 4.78 is 18.9. The highest BCUT2D eigenvalue weighted by Gasteiger charge is 2.49. The lowest BCUT2D eigenvalue weighted by Gasteiger charge is -2.39. The molecule has 1 N–H and O–H groups in total. The van der Waals surface area contributed by atoms with E-state index in [0.29, 0.717) is 5.75 Å². The molecule has 2 aliphatic heterocycles. The SMILES string of the molecule is O=C1Oc2ccccc2[C@H]2c3sc(=O)[nH]c3S[C@H](c3ccc(F)cc3)[C@H]12. The highest BCUT2D eigenvalue weighted by molar-refractivity contribution is 7.99. The molecule has 0 amide bonds. The molecule has 0 fully saturated rings. The third-order valence-electron chi connectivity index (χ3n) is 4.79. The van der Waals surface area contributed by atoms with Crippen LogP contribution in [0.15, 0.2) is 58.4 Å². The highest BCUT2D eigenvalue weighted by atomic mass is 32.2. The van der Waals surface area contributed by atoms with Gasteiger partial charge in [0, 0.05) is 16.4 Å². The van der Waals surface area contributed by atoms with Crippen LogP contribution in [-0.4, -0.2) is 11.0 Å². The van der Waals surface area contributed by atoms with Gasteiger partial charge in [0.15, 0.2) is 0 Å². The zero-order chi connectivity index (χ0) is 17.8. The Hall–Kier alpha value is -2.38. The molecular formula is C19H12FNO3S2. The number of H-pyrrole nitrogens is 1. The molecule has 0 saturated carbocycles. The lowest BCUT2D eigenvalue weighted by atomic mass is 9.78. The van der Waals surface area contributed by atoms with E-state index < -0.39 is 5.92 Å². The van der Waals surface area contributed by atoms with Crippen molar-refractivity contribution in [2.75, 3.05) is 0 Å². The first kappa shape index (κ1) is 15.8. The molecule has 0 spiro atoms. The Morgan fingerprint density at radius 1 is 1.04 bits per heavy atom. The third kappa shape index (κ3) is 2.34. The molecule has 130 valence electrons. The second-order valence-electron chi connectivity index (χ2n) is 6.26. The number of hydrogen-bond acceptors (Lipinski definition) is 5. The minimum Gasteiger partial charge on any atom is -0.426 e. The number of halogens is 1. The number of thiazole rings is 1. The van der Waals surface area contributed by atoms with Crippen molar-refractivity contribution in [1.82, 2.24) is 4.98 Å². The van der Waals surface area contributed by atoms with Gasteiger partial charge < -0.3 is 9.72 Å². The van der Waals surface area contributed by atoms with Gasteiger partial charge in [-0.2, -0.15) is 0 Å². The molecule has 0 radical (unpaired) electrons. The molecule has 26 heavy (non-hydrogen) atoms. The van der Waals surface area contributed by atoms with Gasteiger partial charge in [0.1, 0.15) is 11.6 Å². The number of fused-ring (bicyclic) bond motifs is 5. The minimum atomic E-state index is -0.473. The summed E-state index contributed by atoms with van der Waals surface area (Å²) in [7, 11) is 0. The fourth-order valence-corrected chi connectivity index (χ4v) is 6.27. The van der Waals surface area contributed by atoms with Gasteiger partial charge in [-0.1, -0.05) is 53.4 Å². The summed E-state index contributed by atoms with van der Waals surface area (Å²) in [5.41, 5.74) is 1.74. The Labute approximate surface area is 156 Å². The number of carbonyl (C=O) groups is 1. The summed E-state index contributed by atoms with van der Waals surface area (Å²) in [4.78, 5) is 28.5. The van der Waals surface area contributed by atoms with Crippen LogP contribution in [-0.2, 0) is 4.79 Å². The van der Waals surface area contributed by atoms with E-state index in [1.807, 2.05) is 18.2 Å². The van der Waals surface area contributed by atoms with Gasteiger partial charge >= 0.3 is 10.8 Å². The molecule has 0 aliphatic carbocycles. The van der Waals surface area contributed by atoms with Crippen LogP contribution in [0.25, 0.3) is 0 Å². The van der Waals surface area contributed by atoms with Crippen molar-refractivity contribution in [3.8, 4) is 5.75 Å². The number of para-hydroxylation sites is 1. The zero-order valence-electron chi connectivity index (χ0n) is 13.3. The number of nitrogens with one attached hydrogen (secondary N) is 1. The highest BCUT2D eigenvalue weighted by Crippen LogP contribution is 2.58. The Kier molecular flexibility index (Phi) is 3.55. The van der Waals surface area contributed by atoms with Crippen LogP contribution in [0, 0.1) is 11.7 Å². The first-order valence-electron chi connectivity index (χ1n) is 8.07. The lowest BCUT2D eigenvalue weighted by molar-refractivity contribution is -0.140. The van der Waals surface area contributed by atoms with Gasteiger partial charge in [0.05, 0.1) is 16.2 Å². The summed E-state index contributed by atoms with van der Waals surface area (Å²) in [5.74, 6) is -0.827. The molecule has 0 bridgehead atoms. The number of rotatable bonds is 1. The first-order valence-corrected chi connectivity index (χ1v) is 9.77. The Morgan fingerprint density at radius 2 is 1.81 bits per heavy atom. The van der Waals surface area contributed by atoms with E-state index in [-0.39, 0.29) is 27.8 Å². The second kappa shape index (κ2) is 5.82. The molecule has 1 aromatic heterocycles. The molecule has 2 aromatic carbocycles. The summed E-state index contributed by atoms with van der Waals surface area (Å²) >= 11 is 2.57. The summed E-state index contributed by atoms with van der Waals surface area (Å²) in [5, 5.41) is 0.513.